The van der Waals surface area contributed by atoms with Gasteiger partial charge in [0.1, 0.15) is 11.6 Å². The fourth-order valence-electron chi connectivity index (χ4n) is 1.70. The van der Waals surface area contributed by atoms with Crippen LogP contribution in [0.1, 0.15) is 12.0 Å². The molecule has 2 aromatic rings. The summed E-state index contributed by atoms with van der Waals surface area (Å²) < 4.78 is 20.8. The molecule has 5 heteroatoms. The van der Waals surface area contributed by atoms with Gasteiger partial charge in [-0.2, -0.15) is 0 Å². The third-order valence-electron chi connectivity index (χ3n) is 2.61. The number of imidazole rings is 1. The van der Waals surface area contributed by atoms with Crippen LogP contribution >= 0.6 is 11.6 Å². The van der Waals surface area contributed by atoms with Gasteiger partial charge in [0.25, 0.3) is 0 Å². The average Bonchev–Trinajstić information content (AvgIpc) is 2.96. The van der Waals surface area contributed by atoms with Crippen molar-refractivity contribution < 1.29 is 9.13 Å². The van der Waals surface area contributed by atoms with Gasteiger partial charge in [-0.25, -0.2) is 9.37 Å². The quantitative estimate of drug-likeness (QED) is 0.481. The topological polar surface area (TPSA) is 27.1 Å². The van der Waals surface area contributed by atoms with Crippen LogP contribution in [0, 0.1) is 17.7 Å². The first-order valence-corrected chi connectivity index (χ1v) is 6.76. The Morgan fingerprint density at radius 1 is 1.40 bits per heavy atom. The molecule has 20 heavy (non-hydrogen) atoms. The van der Waals surface area contributed by atoms with Gasteiger partial charge in [-0.1, -0.05) is 11.8 Å². The molecule has 0 saturated carbocycles. The van der Waals surface area contributed by atoms with Crippen LogP contribution in [0.3, 0.4) is 0 Å². The Hall–Kier alpha value is -1.99. The SMILES string of the molecule is Fc1ccc(C#CCCl)c(OCCCn2ccnc2)c1. The van der Waals surface area contributed by atoms with Gasteiger partial charge in [0.2, 0.25) is 0 Å². The van der Waals surface area contributed by atoms with Gasteiger partial charge in [0, 0.05) is 25.0 Å². The van der Waals surface area contributed by atoms with E-state index in [-0.39, 0.29) is 11.7 Å². The molecule has 0 amide bonds. The van der Waals surface area contributed by atoms with Crippen LogP contribution in [0.15, 0.2) is 36.9 Å². The highest BCUT2D eigenvalue weighted by Crippen LogP contribution is 2.19. The minimum atomic E-state index is -0.342. The van der Waals surface area contributed by atoms with Gasteiger partial charge in [-0.3, -0.25) is 0 Å². The summed E-state index contributed by atoms with van der Waals surface area (Å²) in [4.78, 5) is 3.96. The molecule has 0 spiro atoms. The van der Waals surface area contributed by atoms with Crippen molar-refractivity contribution in [2.24, 2.45) is 0 Å². The number of aromatic nitrogens is 2. The molecule has 1 aromatic heterocycles. The van der Waals surface area contributed by atoms with Gasteiger partial charge >= 0.3 is 0 Å². The van der Waals surface area contributed by atoms with E-state index in [1.54, 1.807) is 18.6 Å². The molecule has 0 radical (unpaired) electrons. The summed E-state index contributed by atoms with van der Waals surface area (Å²) in [7, 11) is 0. The first kappa shape index (κ1) is 14.4. The molecule has 0 saturated heterocycles. The van der Waals surface area contributed by atoms with Gasteiger partial charge in [0.15, 0.2) is 0 Å². The molecule has 0 bridgehead atoms. The number of benzene rings is 1. The molecule has 2 rings (SSSR count). The maximum atomic E-state index is 13.2. The van der Waals surface area contributed by atoms with Crippen LogP contribution in [-0.2, 0) is 6.54 Å². The Morgan fingerprint density at radius 3 is 3.05 bits per heavy atom. The van der Waals surface area contributed by atoms with Crippen molar-refractivity contribution in [1.82, 2.24) is 9.55 Å². The number of alkyl halides is 1. The van der Waals surface area contributed by atoms with Crippen molar-refractivity contribution >= 4 is 11.6 Å². The predicted octanol–water partition coefficient (Wildman–Crippen LogP) is 3.08. The third kappa shape index (κ3) is 4.29. The zero-order valence-electron chi connectivity index (χ0n) is 10.9. The van der Waals surface area contributed by atoms with E-state index in [2.05, 4.69) is 16.8 Å². The highest BCUT2D eigenvalue weighted by molar-refractivity contribution is 6.19. The third-order valence-corrected chi connectivity index (χ3v) is 2.74. The summed E-state index contributed by atoms with van der Waals surface area (Å²) in [6, 6.07) is 4.30. The van der Waals surface area contributed by atoms with Gasteiger partial charge in [-0.05, 0) is 18.6 Å². The molecule has 1 aromatic carbocycles. The van der Waals surface area contributed by atoms with E-state index in [0.717, 1.165) is 13.0 Å². The van der Waals surface area contributed by atoms with Crippen molar-refractivity contribution in [1.29, 1.82) is 0 Å². The van der Waals surface area contributed by atoms with E-state index < -0.39 is 0 Å². The standard InChI is InChI=1S/C15H14ClFN2O/c16-6-1-3-13-4-5-14(17)11-15(13)20-10-2-8-19-9-7-18-12-19/h4-5,7,9,11-12H,2,6,8,10H2. The van der Waals surface area contributed by atoms with E-state index in [9.17, 15) is 4.39 Å². The summed E-state index contributed by atoms with van der Waals surface area (Å²) in [6.45, 7) is 1.29. The second kappa shape index (κ2) is 7.56. The minimum absolute atomic E-state index is 0.234. The summed E-state index contributed by atoms with van der Waals surface area (Å²) in [6.07, 6.45) is 6.17. The monoisotopic (exact) mass is 292 g/mol. The zero-order valence-corrected chi connectivity index (χ0v) is 11.6. The van der Waals surface area contributed by atoms with Crippen LogP contribution in [0.25, 0.3) is 0 Å². The molecular formula is C15H14ClFN2O. The molecule has 0 aliphatic rings. The molecule has 1 heterocycles. The van der Waals surface area contributed by atoms with Crippen LogP contribution in [0.2, 0.25) is 0 Å². The Balaban J connectivity index is 1.92. The molecule has 0 N–H and O–H groups in total. The van der Waals surface area contributed by atoms with E-state index in [0.29, 0.717) is 17.9 Å². The number of aryl methyl sites for hydroxylation is 1. The largest absolute Gasteiger partial charge is 0.492 e. The summed E-state index contributed by atoms with van der Waals surface area (Å²) >= 11 is 5.52. The van der Waals surface area contributed by atoms with Crippen molar-refractivity contribution in [2.45, 2.75) is 13.0 Å². The van der Waals surface area contributed by atoms with E-state index in [1.807, 2.05) is 10.8 Å². The lowest BCUT2D eigenvalue weighted by molar-refractivity contribution is 0.299. The van der Waals surface area contributed by atoms with Gasteiger partial charge < -0.3 is 9.30 Å². The number of hydrogen-bond donors (Lipinski definition) is 0. The summed E-state index contributed by atoms with van der Waals surface area (Å²) in [5, 5.41) is 0. The molecule has 0 fully saturated rings. The maximum absolute atomic E-state index is 13.2. The molecule has 3 nitrogen and oxygen atoms in total. The number of halogens is 2. The van der Waals surface area contributed by atoms with Crippen LogP contribution in [-0.4, -0.2) is 22.0 Å². The molecular weight excluding hydrogens is 279 g/mol. The molecule has 0 atom stereocenters. The van der Waals surface area contributed by atoms with Crippen molar-refractivity contribution in [3.8, 4) is 17.6 Å². The van der Waals surface area contributed by atoms with E-state index in [1.165, 1.54) is 12.1 Å². The van der Waals surface area contributed by atoms with Crippen molar-refractivity contribution in [3.05, 3.63) is 48.3 Å². The lowest BCUT2D eigenvalue weighted by atomic mass is 10.2. The normalized spacial score (nSPS) is 9.90. The minimum Gasteiger partial charge on any atom is -0.492 e. The molecule has 0 aliphatic heterocycles. The summed E-state index contributed by atoms with van der Waals surface area (Å²) in [5.74, 6) is 5.94. The number of nitrogens with zero attached hydrogens (tertiary/aromatic N) is 2. The van der Waals surface area contributed by atoms with Gasteiger partial charge in [0.05, 0.1) is 24.4 Å². The Labute approximate surface area is 122 Å². The fourth-order valence-corrected chi connectivity index (χ4v) is 1.76. The first-order chi connectivity index (χ1) is 9.79. The number of ether oxygens (including phenoxy) is 1. The maximum Gasteiger partial charge on any atom is 0.137 e. The van der Waals surface area contributed by atoms with Gasteiger partial charge in [-0.15, -0.1) is 11.6 Å². The highest BCUT2D eigenvalue weighted by atomic mass is 35.5. The lowest BCUT2D eigenvalue weighted by Gasteiger charge is -2.08. The average molecular weight is 293 g/mol. The Morgan fingerprint density at radius 2 is 2.30 bits per heavy atom. The van der Waals surface area contributed by atoms with Crippen LogP contribution in [0.4, 0.5) is 4.39 Å². The molecule has 0 unspecified atom stereocenters. The predicted molar refractivity (Wildman–Crippen MR) is 76.3 cm³/mol. The Kier molecular flexibility index (Phi) is 5.45. The van der Waals surface area contributed by atoms with Crippen LogP contribution in [0.5, 0.6) is 5.75 Å². The summed E-state index contributed by atoms with van der Waals surface area (Å²) in [5.41, 5.74) is 0.648. The van der Waals surface area contributed by atoms with E-state index in [4.69, 9.17) is 16.3 Å². The number of hydrogen-bond acceptors (Lipinski definition) is 2. The first-order valence-electron chi connectivity index (χ1n) is 6.22. The second-order valence-electron chi connectivity index (χ2n) is 4.08. The zero-order chi connectivity index (χ0) is 14.2. The van der Waals surface area contributed by atoms with E-state index >= 15 is 0 Å². The lowest BCUT2D eigenvalue weighted by Crippen LogP contribution is -2.04. The highest BCUT2D eigenvalue weighted by Gasteiger charge is 2.03. The Bertz CT molecular complexity index is 602. The molecule has 0 aliphatic carbocycles. The smallest absolute Gasteiger partial charge is 0.137 e. The van der Waals surface area contributed by atoms with Crippen molar-refractivity contribution in [3.63, 3.8) is 0 Å². The van der Waals surface area contributed by atoms with Crippen LogP contribution < -0.4 is 4.74 Å². The molecule has 104 valence electrons. The number of rotatable bonds is 5. The van der Waals surface area contributed by atoms with Crippen molar-refractivity contribution in [2.75, 3.05) is 12.5 Å². The fraction of sp³-hybridized carbons (Fsp3) is 0.267. The second-order valence-corrected chi connectivity index (χ2v) is 4.35.